The minimum atomic E-state index is 0.333. The molecule has 0 radical (unpaired) electrons. The van der Waals surface area contributed by atoms with Crippen LogP contribution in [0.15, 0.2) is 12.3 Å². The normalized spacial score (nSPS) is 22.1. The predicted octanol–water partition coefficient (Wildman–Crippen LogP) is 1.28. The van der Waals surface area contributed by atoms with Gasteiger partial charge in [0.1, 0.15) is 5.52 Å². The molecule has 6 nitrogen and oxygen atoms in total. The first-order valence-corrected chi connectivity index (χ1v) is 7.60. The number of nitrogens with two attached hydrogens (primary N) is 1. The van der Waals surface area contributed by atoms with Crippen molar-refractivity contribution >= 4 is 22.8 Å². The highest BCUT2D eigenvalue weighted by Gasteiger charge is 2.27. The van der Waals surface area contributed by atoms with Gasteiger partial charge in [0.25, 0.3) is 0 Å². The molecule has 1 aliphatic heterocycles. The third kappa shape index (κ3) is 2.29. The fraction of sp³-hybridized carbons (Fsp3) is 0.533. The maximum Gasteiger partial charge on any atom is 0.222 e. The molecular weight excluding hydrogens is 264 g/mol. The van der Waals surface area contributed by atoms with Crippen LogP contribution >= 0.6 is 0 Å². The van der Waals surface area contributed by atoms with E-state index >= 15 is 0 Å². The average Bonchev–Trinajstić information content (AvgIpc) is 3.23. The van der Waals surface area contributed by atoms with Crippen LogP contribution in [0.2, 0.25) is 0 Å². The molecular formula is C15H20N6. The molecule has 21 heavy (non-hydrogen) atoms. The molecule has 0 amide bonds. The van der Waals surface area contributed by atoms with E-state index in [1.54, 1.807) is 0 Å². The number of nitrogen functional groups attached to an aromatic ring is 1. The number of nitrogens with zero attached hydrogens (tertiary/aromatic N) is 4. The summed E-state index contributed by atoms with van der Waals surface area (Å²) in [4.78, 5) is 15.7. The molecule has 110 valence electrons. The summed E-state index contributed by atoms with van der Waals surface area (Å²) in [7, 11) is 2.00. The molecule has 3 heterocycles. The highest BCUT2D eigenvalue weighted by molar-refractivity contribution is 5.87. The average molecular weight is 284 g/mol. The van der Waals surface area contributed by atoms with Crippen molar-refractivity contribution in [2.45, 2.75) is 31.2 Å². The lowest BCUT2D eigenvalue weighted by Crippen LogP contribution is -2.30. The molecule has 0 aromatic carbocycles. The number of anilines is 2. The SMILES string of the molecule is CNC1CCN(c2nc(N)nc3cc(C4CC4)cnc23)C1. The summed E-state index contributed by atoms with van der Waals surface area (Å²) in [5.41, 5.74) is 8.92. The maximum absolute atomic E-state index is 5.91. The van der Waals surface area contributed by atoms with Gasteiger partial charge in [-0.1, -0.05) is 0 Å². The van der Waals surface area contributed by atoms with Crippen LogP contribution in [0.1, 0.15) is 30.7 Å². The van der Waals surface area contributed by atoms with Crippen molar-refractivity contribution in [2.24, 2.45) is 0 Å². The van der Waals surface area contributed by atoms with Crippen molar-refractivity contribution in [1.29, 1.82) is 0 Å². The van der Waals surface area contributed by atoms with Crippen LogP contribution in [-0.4, -0.2) is 41.1 Å². The van der Waals surface area contributed by atoms with Crippen molar-refractivity contribution in [3.8, 4) is 0 Å². The number of fused-ring (bicyclic) bond motifs is 1. The standard InChI is InChI=1S/C15H20N6/c1-17-11-4-5-21(8-11)14-13-12(19-15(16)20-14)6-10(7-18-13)9-2-3-9/h6-7,9,11,17H,2-5,8H2,1H3,(H2,16,19,20). The highest BCUT2D eigenvalue weighted by Crippen LogP contribution is 2.40. The third-order valence-corrected chi connectivity index (χ3v) is 4.50. The zero-order valence-corrected chi connectivity index (χ0v) is 12.2. The van der Waals surface area contributed by atoms with Gasteiger partial charge in [-0.3, -0.25) is 4.98 Å². The van der Waals surface area contributed by atoms with Crippen LogP contribution in [0.3, 0.4) is 0 Å². The van der Waals surface area contributed by atoms with Gasteiger partial charge in [0.05, 0.1) is 5.52 Å². The molecule has 2 aromatic rings. The second-order valence-electron chi connectivity index (χ2n) is 6.04. The molecule has 1 aliphatic carbocycles. The van der Waals surface area contributed by atoms with E-state index in [1.165, 1.54) is 18.4 Å². The first-order chi connectivity index (χ1) is 10.2. The number of pyridine rings is 1. The van der Waals surface area contributed by atoms with Crippen molar-refractivity contribution in [2.75, 3.05) is 30.8 Å². The smallest absolute Gasteiger partial charge is 0.222 e. The summed E-state index contributed by atoms with van der Waals surface area (Å²) in [6.45, 7) is 1.91. The number of rotatable bonds is 3. The lowest BCUT2D eigenvalue weighted by Gasteiger charge is -2.19. The molecule has 1 saturated carbocycles. The lowest BCUT2D eigenvalue weighted by molar-refractivity contribution is 0.616. The topological polar surface area (TPSA) is 80.0 Å². The van der Waals surface area contributed by atoms with Gasteiger partial charge in [-0.15, -0.1) is 0 Å². The van der Waals surface area contributed by atoms with Crippen LogP contribution in [0.4, 0.5) is 11.8 Å². The van der Waals surface area contributed by atoms with Crippen LogP contribution in [0.25, 0.3) is 11.0 Å². The Morgan fingerprint density at radius 2 is 2.14 bits per heavy atom. The van der Waals surface area contributed by atoms with E-state index in [2.05, 4.69) is 31.2 Å². The monoisotopic (exact) mass is 284 g/mol. The summed E-state index contributed by atoms with van der Waals surface area (Å²) in [6, 6.07) is 2.63. The molecule has 2 aromatic heterocycles. The summed E-state index contributed by atoms with van der Waals surface area (Å²) in [6.07, 6.45) is 5.61. The maximum atomic E-state index is 5.91. The van der Waals surface area contributed by atoms with Crippen molar-refractivity contribution < 1.29 is 0 Å². The van der Waals surface area contributed by atoms with Gasteiger partial charge in [0.2, 0.25) is 5.95 Å². The Morgan fingerprint density at radius 1 is 1.29 bits per heavy atom. The van der Waals surface area contributed by atoms with Crippen molar-refractivity contribution in [1.82, 2.24) is 20.3 Å². The van der Waals surface area contributed by atoms with E-state index in [1.807, 2.05) is 13.2 Å². The van der Waals surface area contributed by atoms with Crippen LogP contribution in [0.5, 0.6) is 0 Å². The van der Waals surface area contributed by atoms with E-state index in [0.717, 1.165) is 36.4 Å². The third-order valence-electron chi connectivity index (χ3n) is 4.50. The Kier molecular flexibility index (Phi) is 2.92. The fourth-order valence-corrected chi connectivity index (χ4v) is 3.08. The zero-order valence-electron chi connectivity index (χ0n) is 12.2. The first-order valence-electron chi connectivity index (χ1n) is 7.60. The van der Waals surface area contributed by atoms with Crippen molar-refractivity contribution in [3.63, 3.8) is 0 Å². The Balaban J connectivity index is 1.77. The Labute approximate surface area is 123 Å². The Hall–Kier alpha value is -1.95. The first kappa shape index (κ1) is 12.8. The number of hydrogen-bond acceptors (Lipinski definition) is 6. The molecule has 3 N–H and O–H groups in total. The van der Waals surface area contributed by atoms with Crippen LogP contribution in [0, 0.1) is 0 Å². The van der Waals surface area contributed by atoms with E-state index in [0.29, 0.717) is 17.9 Å². The van der Waals surface area contributed by atoms with Gasteiger partial charge in [-0.2, -0.15) is 4.98 Å². The second kappa shape index (κ2) is 4.80. The molecule has 4 rings (SSSR count). The minimum Gasteiger partial charge on any atom is -0.368 e. The van der Waals surface area contributed by atoms with E-state index < -0.39 is 0 Å². The zero-order chi connectivity index (χ0) is 14.4. The van der Waals surface area contributed by atoms with Gasteiger partial charge in [0.15, 0.2) is 5.82 Å². The quantitative estimate of drug-likeness (QED) is 0.884. The minimum absolute atomic E-state index is 0.333. The van der Waals surface area contributed by atoms with Gasteiger partial charge in [-0.25, -0.2) is 4.98 Å². The molecule has 1 saturated heterocycles. The number of likely N-dealkylation sites (N-methyl/N-ethyl adjacent to an activating group) is 1. The molecule has 0 bridgehead atoms. The molecule has 2 aliphatic rings. The van der Waals surface area contributed by atoms with E-state index in [4.69, 9.17) is 5.73 Å². The summed E-state index contributed by atoms with van der Waals surface area (Å²) in [5, 5.41) is 3.32. The van der Waals surface area contributed by atoms with E-state index in [9.17, 15) is 0 Å². The molecule has 6 heteroatoms. The number of nitrogens with one attached hydrogen (secondary N) is 1. The highest BCUT2D eigenvalue weighted by atomic mass is 15.3. The second-order valence-corrected chi connectivity index (χ2v) is 6.04. The molecule has 1 atom stereocenters. The van der Waals surface area contributed by atoms with Gasteiger partial charge in [-0.05, 0) is 43.9 Å². The summed E-state index contributed by atoms with van der Waals surface area (Å²) in [5.74, 6) is 1.87. The molecule has 2 fully saturated rings. The Morgan fingerprint density at radius 3 is 2.86 bits per heavy atom. The summed E-state index contributed by atoms with van der Waals surface area (Å²) >= 11 is 0. The Bertz CT molecular complexity index is 681. The van der Waals surface area contributed by atoms with Gasteiger partial charge >= 0.3 is 0 Å². The largest absolute Gasteiger partial charge is 0.368 e. The van der Waals surface area contributed by atoms with Crippen LogP contribution < -0.4 is 16.0 Å². The number of hydrogen-bond donors (Lipinski definition) is 2. The van der Waals surface area contributed by atoms with Crippen molar-refractivity contribution in [3.05, 3.63) is 17.8 Å². The van der Waals surface area contributed by atoms with Crippen LogP contribution in [-0.2, 0) is 0 Å². The molecule has 1 unspecified atom stereocenters. The van der Waals surface area contributed by atoms with E-state index in [-0.39, 0.29) is 0 Å². The van der Waals surface area contributed by atoms with Gasteiger partial charge < -0.3 is 16.0 Å². The summed E-state index contributed by atoms with van der Waals surface area (Å²) < 4.78 is 0. The van der Waals surface area contributed by atoms with Gasteiger partial charge in [0, 0.05) is 25.3 Å². The lowest BCUT2D eigenvalue weighted by atomic mass is 10.1. The predicted molar refractivity (Wildman–Crippen MR) is 83.4 cm³/mol. The fourth-order valence-electron chi connectivity index (χ4n) is 3.08. The molecule has 0 spiro atoms. The number of aromatic nitrogens is 3.